The lowest BCUT2D eigenvalue weighted by Gasteiger charge is -2.34. The number of nitrogens with zero attached hydrogens (tertiary/aromatic N) is 2. The highest BCUT2D eigenvalue weighted by atomic mass is 32.2. The van der Waals surface area contributed by atoms with Crippen molar-refractivity contribution in [1.29, 1.82) is 0 Å². The molecule has 0 bridgehead atoms. The molecule has 1 amide bonds. The fraction of sp³-hybridized carbons (Fsp3) is 0.348. The first-order chi connectivity index (χ1) is 15.0. The van der Waals surface area contributed by atoms with Crippen molar-refractivity contribution >= 4 is 26.6 Å². The average molecular weight is 442 g/mol. The van der Waals surface area contributed by atoms with Gasteiger partial charge in [0.05, 0.1) is 24.2 Å². The van der Waals surface area contributed by atoms with Gasteiger partial charge in [-0.3, -0.25) is 9.69 Å². The standard InChI is InChI=1S/C23H27N3O4S/c1-30-19-5-4-6-20(16-19)31(28,29)14-13-25-9-11-26(12-10-25)23(27)15-18-17-24-22-8-3-2-7-21(18)22/h2-8,16-17,24H,9-15H2,1H3. The lowest BCUT2D eigenvalue weighted by Crippen LogP contribution is -2.50. The Morgan fingerprint density at radius 3 is 2.61 bits per heavy atom. The van der Waals surface area contributed by atoms with Crippen molar-refractivity contribution in [1.82, 2.24) is 14.8 Å². The molecule has 1 fully saturated rings. The van der Waals surface area contributed by atoms with Crippen molar-refractivity contribution in [3.05, 3.63) is 60.3 Å². The molecule has 3 aromatic rings. The number of H-pyrrole nitrogens is 1. The first-order valence-electron chi connectivity index (χ1n) is 10.4. The number of hydrogen-bond donors (Lipinski definition) is 1. The second kappa shape index (κ2) is 9.11. The third-order valence-electron chi connectivity index (χ3n) is 5.82. The van der Waals surface area contributed by atoms with Gasteiger partial charge >= 0.3 is 0 Å². The van der Waals surface area contributed by atoms with Crippen molar-refractivity contribution in [2.24, 2.45) is 0 Å². The van der Waals surface area contributed by atoms with Crippen LogP contribution in [0, 0.1) is 0 Å². The van der Waals surface area contributed by atoms with Gasteiger partial charge in [0, 0.05) is 49.8 Å². The maximum atomic E-state index is 12.8. The highest BCUT2D eigenvalue weighted by Crippen LogP contribution is 2.20. The molecule has 1 aromatic heterocycles. The molecule has 1 aliphatic heterocycles. The van der Waals surface area contributed by atoms with E-state index in [9.17, 15) is 13.2 Å². The summed E-state index contributed by atoms with van der Waals surface area (Å²) in [7, 11) is -1.86. The number of piperazine rings is 1. The van der Waals surface area contributed by atoms with Gasteiger partial charge in [-0.05, 0) is 29.8 Å². The summed E-state index contributed by atoms with van der Waals surface area (Å²) in [5.41, 5.74) is 2.04. The molecule has 0 unspecified atom stereocenters. The second-order valence-corrected chi connectivity index (χ2v) is 9.87. The summed E-state index contributed by atoms with van der Waals surface area (Å²) in [5, 5.41) is 1.08. The van der Waals surface area contributed by atoms with E-state index in [0.717, 1.165) is 16.5 Å². The molecule has 0 aliphatic carbocycles. The fourth-order valence-electron chi connectivity index (χ4n) is 3.94. The monoisotopic (exact) mass is 441 g/mol. The Hall–Kier alpha value is -2.84. The molecule has 2 heterocycles. The van der Waals surface area contributed by atoms with E-state index >= 15 is 0 Å². The van der Waals surface area contributed by atoms with Crippen LogP contribution in [0.2, 0.25) is 0 Å². The Balaban J connectivity index is 1.29. The van der Waals surface area contributed by atoms with E-state index in [4.69, 9.17) is 4.74 Å². The summed E-state index contributed by atoms with van der Waals surface area (Å²) in [4.78, 5) is 20.2. The topological polar surface area (TPSA) is 82.7 Å². The molecule has 0 saturated carbocycles. The van der Waals surface area contributed by atoms with Crippen LogP contribution in [0.25, 0.3) is 10.9 Å². The van der Waals surface area contributed by atoms with Crippen molar-refractivity contribution in [3.8, 4) is 5.75 Å². The number of amides is 1. The van der Waals surface area contributed by atoms with Crippen molar-refractivity contribution in [2.75, 3.05) is 45.6 Å². The van der Waals surface area contributed by atoms with Crippen LogP contribution in [0.5, 0.6) is 5.75 Å². The van der Waals surface area contributed by atoms with Gasteiger partial charge in [0.15, 0.2) is 9.84 Å². The molecule has 0 radical (unpaired) electrons. The fourth-order valence-corrected chi connectivity index (χ4v) is 5.25. The zero-order valence-corrected chi connectivity index (χ0v) is 18.4. The smallest absolute Gasteiger partial charge is 0.227 e. The summed E-state index contributed by atoms with van der Waals surface area (Å²) in [6.45, 7) is 3.02. The first kappa shape index (κ1) is 21.4. The molecule has 8 heteroatoms. The number of para-hydroxylation sites is 1. The van der Waals surface area contributed by atoms with Crippen LogP contribution in [-0.4, -0.2) is 74.7 Å². The van der Waals surface area contributed by atoms with Crippen LogP contribution < -0.4 is 4.74 Å². The highest BCUT2D eigenvalue weighted by Gasteiger charge is 2.24. The maximum absolute atomic E-state index is 12.8. The zero-order chi connectivity index (χ0) is 21.8. The van der Waals surface area contributed by atoms with Crippen LogP contribution in [0.15, 0.2) is 59.6 Å². The number of fused-ring (bicyclic) bond motifs is 1. The molecule has 0 atom stereocenters. The number of hydrogen-bond acceptors (Lipinski definition) is 5. The third kappa shape index (κ3) is 4.91. The summed E-state index contributed by atoms with van der Waals surface area (Å²) < 4.78 is 30.4. The van der Waals surface area contributed by atoms with Crippen LogP contribution >= 0.6 is 0 Å². The number of ether oxygens (including phenoxy) is 1. The van der Waals surface area contributed by atoms with Gasteiger partial charge in [-0.1, -0.05) is 24.3 Å². The minimum atomic E-state index is -3.38. The van der Waals surface area contributed by atoms with Crippen LogP contribution in [-0.2, 0) is 21.1 Å². The van der Waals surface area contributed by atoms with Crippen LogP contribution in [0.1, 0.15) is 5.56 Å². The lowest BCUT2D eigenvalue weighted by molar-refractivity contribution is -0.132. The molecule has 1 N–H and O–H groups in total. The molecule has 7 nitrogen and oxygen atoms in total. The van der Waals surface area contributed by atoms with E-state index in [0.29, 0.717) is 44.9 Å². The van der Waals surface area contributed by atoms with Gasteiger partial charge in [-0.25, -0.2) is 8.42 Å². The Labute approximate surface area is 182 Å². The molecule has 31 heavy (non-hydrogen) atoms. The summed E-state index contributed by atoms with van der Waals surface area (Å²) in [6, 6.07) is 14.5. The van der Waals surface area contributed by atoms with E-state index < -0.39 is 9.84 Å². The number of methoxy groups -OCH3 is 1. The number of carbonyl (C=O) groups excluding carboxylic acids is 1. The van der Waals surface area contributed by atoms with E-state index in [1.54, 1.807) is 24.3 Å². The number of benzene rings is 2. The second-order valence-electron chi connectivity index (χ2n) is 7.76. The Morgan fingerprint density at radius 2 is 1.84 bits per heavy atom. The number of nitrogens with one attached hydrogen (secondary N) is 1. The number of carbonyl (C=O) groups is 1. The van der Waals surface area contributed by atoms with Crippen LogP contribution in [0.3, 0.4) is 0 Å². The predicted molar refractivity (Wildman–Crippen MR) is 120 cm³/mol. The van der Waals surface area contributed by atoms with Gasteiger partial charge in [0.1, 0.15) is 5.75 Å². The van der Waals surface area contributed by atoms with E-state index in [1.807, 2.05) is 35.4 Å². The van der Waals surface area contributed by atoms with Crippen molar-refractivity contribution in [2.45, 2.75) is 11.3 Å². The van der Waals surface area contributed by atoms with E-state index in [2.05, 4.69) is 9.88 Å². The normalized spacial score (nSPS) is 15.3. The molecular weight excluding hydrogens is 414 g/mol. The van der Waals surface area contributed by atoms with Gasteiger partial charge in [-0.15, -0.1) is 0 Å². The quantitative estimate of drug-likeness (QED) is 0.609. The third-order valence-corrected chi connectivity index (χ3v) is 7.51. The minimum Gasteiger partial charge on any atom is -0.497 e. The zero-order valence-electron chi connectivity index (χ0n) is 17.6. The van der Waals surface area contributed by atoms with Crippen molar-refractivity contribution in [3.63, 3.8) is 0 Å². The first-order valence-corrected chi connectivity index (χ1v) is 12.0. The Bertz CT molecular complexity index is 1160. The van der Waals surface area contributed by atoms with Crippen LogP contribution in [0.4, 0.5) is 0 Å². The SMILES string of the molecule is COc1cccc(S(=O)(=O)CCN2CCN(C(=O)Cc3c[nH]c4ccccc34)CC2)c1. The van der Waals surface area contributed by atoms with Gasteiger partial charge < -0.3 is 14.6 Å². The molecule has 164 valence electrons. The summed E-state index contributed by atoms with van der Waals surface area (Å²) in [6.07, 6.45) is 2.27. The molecule has 2 aromatic carbocycles. The summed E-state index contributed by atoms with van der Waals surface area (Å²) >= 11 is 0. The molecule has 4 rings (SSSR count). The Morgan fingerprint density at radius 1 is 1.06 bits per heavy atom. The van der Waals surface area contributed by atoms with Gasteiger partial charge in [-0.2, -0.15) is 0 Å². The number of aromatic nitrogens is 1. The van der Waals surface area contributed by atoms with Crippen molar-refractivity contribution < 1.29 is 17.9 Å². The van der Waals surface area contributed by atoms with E-state index in [1.165, 1.54) is 7.11 Å². The average Bonchev–Trinajstić information content (AvgIpc) is 3.21. The van der Waals surface area contributed by atoms with Gasteiger partial charge in [0.25, 0.3) is 0 Å². The lowest BCUT2D eigenvalue weighted by atomic mass is 10.1. The Kier molecular flexibility index (Phi) is 6.29. The molecule has 1 aliphatic rings. The number of aromatic amines is 1. The molecular formula is C23H27N3O4S. The highest BCUT2D eigenvalue weighted by molar-refractivity contribution is 7.91. The number of sulfone groups is 1. The molecule has 1 saturated heterocycles. The predicted octanol–water partition coefficient (Wildman–Crippen LogP) is 2.34. The van der Waals surface area contributed by atoms with Gasteiger partial charge in [0.2, 0.25) is 5.91 Å². The maximum Gasteiger partial charge on any atom is 0.227 e. The minimum absolute atomic E-state index is 0.0451. The number of rotatable bonds is 7. The molecule has 0 spiro atoms. The van der Waals surface area contributed by atoms with E-state index in [-0.39, 0.29) is 16.6 Å². The summed E-state index contributed by atoms with van der Waals surface area (Å²) in [5.74, 6) is 0.681. The largest absolute Gasteiger partial charge is 0.497 e.